The second-order valence-corrected chi connectivity index (χ2v) is 11.2. The fourth-order valence-corrected chi connectivity index (χ4v) is 5.54. The van der Waals surface area contributed by atoms with E-state index in [9.17, 15) is 14.7 Å². The van der Waals surface area contributed by atoms with E-state index in [0.29, 0.717) is 24.8 Å². The van der Waals surface area contributed by atoms with E-state index >= 15 is 0 Å². The number of benzene rings is 1. The molecule has 224 valence electrons. The molecule has 0 radical (unpaired) electrons. The van der Waals surface area contributed by atoms with Crippen LogP contribution in [0.4, 0.5) is 0 Å². The van der Waals surface area contributed by atoms with E-state index in [-0.39, 0.29) is 19.0 Å². The van der Waals surface area contributed by atoms with E-state index in [1.807, 2.05) is 24.3 Å². The highest BCUT2D eigenvalue weighted by Crippen LogP contribution is 2.36. The molecule has 10 nitrogen and oxygen atoms in total. The molecule has 2 amide bonds. The van der Waals surface area contributed by atoms with Gasteiger partial charge in [-0.3, -0.25) is 9.59 Å². The minimum absolute atomic E-state index is 0. The Morgan fingerprint density at radius 2 is 1.77 bits per heavy atom. The lowest BCUT2D eigenvalue weighted by Crippen LogP contribution is -2.53. The molecular formula is C29H46ClN5O5. The highest BCUT2D eigenvalue weighted by Gasteiger charge is 2.37. The summed E-state index contributed by atoms with van der Waals surface area (Å²) in [7, 11) is 1.60. The van der Waals surface area contributed by atoms with Gasteiger partial charge in [-0.1, -0.05) is 31.4 Å². The number of hydrogen-bond acceptors (Lipinski definition) is 8. The van der Waals surface area contributed by atoms with Crippen molar-refractivity contribution in [1.29, 1.82) is 0 Å². The van der Waals surface area contributed by atoms with Gasteiger partial charge in [-0.2, -0.15) is 0 Å². The van der Waals surface area contributed by atoms with Crippen LogP contribution in [0.5, 0.6) is 5.75 Å². The number of methoxy groups -OCH3 is 1. The van der Waals surface area contributed by atoms with Crippen LogP contribution in [-0.2, 0) is 16.0 Å². The lowest BCUT2D eigenvalue weighted by Gasteiger charge is -2.29. The van der Waals surface area contributed by atoms with Gasteiger partial charge in [0.15, 0.2) is 0 Å². The highest BCUT2D eigenvalue weighted by atomic mass is 35.5. The Hall–Kier alpha value is -2.53. The average Bonchev–Trinajstić information content (AvgIpc) is 3.73. The zero-order valence-electron chi connectivity index (χ0n) is 23.5. The van der Waals surface area contributed by atoms with Crippen LogP contribution in [0.2, 0.25) is 0 Å². The molecule has 40 heavy (non-hydrogen) atoms. The van der Waals surface area contributed by atoms with Gasteiger partial charge >= 0.3 is 0 Å². The van der Waals surface area contributed by atoms with Crippen molar-refractivity contribution in [3.05, 3.63) is 41.7 Å². The van der Waals surface area contributed by atoms with Crippen molar-refractivity contribution < 1.29 is 24.5 Å². The third-order valence-electron chi connectivity index (χ3n) is 7.96. The summed E-state index contributed by atoms with van der Waals surface area (Å²) in [4.78, 5) is 31.1. The molecule has 0 spiro atoms. The maximum absolute atomic E-state index is 13.2. The molecule has 1 heterocycles. The number of halogens is 1. The van der Waals surface area contributed by atoms with Crippen LogP contribution < -0.4 is 21.1 Å². The quantitative estimate of drug-likeness (QED) is 0.223. The normalized spacial score (nSPS) is 19.8. The average molecular weight is 580 g/mol. The third-order valence-corrected chi connectivity index (χ3v) is 7.96. The number of nitrogens with two attached hydrogens (primary N) is 1. The molecular weight excluding hydrogens is 534 g/mol. The molecule has 1 aromatic carbocycles. The van der Waals surface area contributed by atoms with Crippen LogP contribution in [0.3, 0.4) is 0 Å². The number of aliphatic hydroxyl groups is 2. The Labute approximate surface area is 243 Å². The molecule has 1 aliphatic heterocycles. The van der Waals surface area contributed by atoms with Crippen LogP contribution in [0.25, 0.3) is 0 Å². The summed E-state index contributed by atoms with van der Waals surface area (Å²) in [5.74, 6) is 0.602. The van der Waals surface area contributed by atoms with Gasteiger partial charge in [0.1, 0.15) is 11.8 Å². The number of ether oxygens (including phenoxy) is 1. The number of nitrogens with zero attached hydrogens (tertiary/aromatic N) is 2. The van der Waals surface area contributed by atoms with E-state index in [4.69, 9.17) is 15.6 Å². The lowest BCUT2D eigenvalue weighted by molar-refractivity contribution is -0.130. The number of rotatable bonds is 14. The summed E-state index contributed by atoms with van der Waals surface area (Å²) in [6, 6.07) is 6.15. The largest absolute Gasteiger partial charge is 0.497 e. The summed E-state index contributed by atoms with van der Waals surface area (Å²) in [5.41, 5.74) is 8.18. The predicted octanol–water partition coefficient (Wildman–Crippen LogP) is 1.49. The molecule has 3 atom stereocenters. The molecule has 0 saturated heterocycles. The van der Waals surface area contributed by atoms with E-state index in [1.54, 1.807) is 7.11 Å². The topological polar surface area (TPSA) is 140 Å². The van der Waals surface area contributed by atoms with Gasteiger partial charge in [-0.25, -0.2) is 0 Å². The molecule has 2 saturated carbocycles. The minimum Gasteiger partial charge on any atom is -0.497 e. The molecule has 6 N–H and O–H groups in total. The number of aliphatic hydroxyl groups excluding tert-OH is 2. The molecule has 1 unspecified atom stereocenters. The smallest absolute Gasteiger partial charge is 0.243 e. The second-order valence-electron chi connectivity index (χ2n) is 11.2. The first kappa shape index (κ1) is 32.0. The number of nitrogens with one attached hydrogen (secondary N) is 2. The van der Waals surface area contributed by atoms with Gasteiger partial charge in [0.05, 0.1) is 32.5 Å². The number of hydrogen-bond donors (Lipinski definition) is 5. The van der Waals surface area contributed by atoms with Crippen LogP contribution in [0, 0.1) is 5.92 Å². The molecule has 1 aromatic rings. The SMILES string of the molecule is COc1ccc(CC(N)C(=O)N[C@@H](CC2=CN(CC3CCCCC3)CN2C2CC2)C(=O)NC[C@@H](O)CO)cc1.Cl. The molecule has 4 rings (SSSR count). The van der Waals surface area contributed by atoms with Crippen molar-refractivity contribution in [2.45, 2.75) is 82.0 Å². The Morgan fingerprint density at radius 1 is 1.07 bits per heavy atom. The zero-order chi connectivity index (χ0) is 27.8. The van der Waals surface area contributed by atoms with Gasteiger partial charge in [0.25, 0.3) is 0 Å². The van der Waals surface area contributed by atoms with Crippen LogP contribution >= 0.6 is 12.4 Å². The van der Waals surface area contributed by atoms with Gasteiger partial charge in [-0.05, 0) is 55.7 Å². The highest BCUT2D eigenvalue weighted by molar-refractivity contribution is 5.90. The first-order valence-corrected chi connectivity index (χ1v) is 14.3. The van der Waals surface area contributed by atoms with Gasteiger partial charge in [-0.15, -0.1) is 12.4 Å². The van der Waals surface area contributed by atoms with Crippen LogP contribution in [-0.4, -0.2) is 89.5 Å². The molecule has 2 fully saturated rings. The molecule has 0 bridgehead atoms. The monoisotopic (exact) mass is 579 g/mol. The number of amides is 2. The fourth-order valence-electron chi connectivity index (χ4n) is 5.54. The molecule has 11 heteroatoms. The Bertz CT molecular complexity index is 984. The van der Waals surface area contributed by atoms with Crippen molar-refractivity contribution >= 4 is 24.2 Å². The molecule has 0 aromatic heterocycles. The van der Waals surface area contributed by atoms with Crippen molar-refractivity contribution in [3.63, 3.8) is 0 Å². The van der Waals surface area contributed by atoms with E-state index < -0.39 is 36.6 Å². The van der Waals surface area contributed by atoms with Crippen molar-refractivity contribution in [1.82, 2.24) is 20.4 Å². The lowest BCUT2D eigenvalue weighted by atomic mass is 9.89. The van der Waals surface area contributed by atoms with Gasteiger partial charge in [0.2, 0.25) is 11.8 Å². The number of carbonyl (C=O) groups is 2. The maximum Gasteiger partial charge on any atom is 0.243 e. The van der Waals surface area contributed by atoms with Crippen molar-refractivity contribution in [2.75, 3.05) is 33.5 Å². The summed E-state index contributed by atoms with van der Waals surface area (Å²) >= 11 is 0. The molecule has 2 aliphatic carbocycles. The van der Waals surface area contributed by atoms with E-state index in [0.717, 1.165) is 43.1 Å². The predicted molar refractivity (Wildman–Crippen MR) is 156 cm³/mol. The fraction of sp³-hybridized carbons (Fsp3) is 0.655. The van der Waals surface area contributed by atoms with Gasteiger partial charge < -0.3 is 41.1 Å². The maximum atomic E-state index is 13.2. The Balaban J connectivity index is 0.00000441. The third kappa shape index (κ3) is 9.26. The zero-order valence-corrected chi connectivity index (χ0v) is 24.3. The summed E-state index contributed by atoms with van der Waals surface area (Å²) in [5, 5.41) is 24.5. The van der Waals surface area contributed by atoms with Crippen molar-refractivity contribution in [3.8, 4) is 5.75 Å². The minimum atomic E-state index is -1.07. The van der Waals surface area contributed by atoms with E-state index in [1.165, 1.54) is 32.1 Å². The Morgan fingerprint density at radius 3 is 2.40 bits per heavy atom. The van der Waals surface area contributed by atoms with Crippen LogP contribution in [0.1, 0.15) is 56.9 Å². The number of carbonyl (C=O) groups excluding carboxylic acids is 2. The van der Waals surface area contributed by atoms with E-state index in [2.05, 4.69) is 26.6 Å². The van der Waals surface area contributed by atoms with Crippen molar-refractivity contribution in [2.24, 2.45) is 11.7 Å². The molecule has 3 aliphatic rings. The van der Waals surface area contributed by atoms with Crippen LogP contribution in [0.15, 0.2) is 36.2 Å². The summed E-state index contributed by atoms with van der Waals surface area (Å²) < 4.78 is 5.19. The standard InChI is InChI=1S/C29H45N5O5.ClH/c1-39-25-11-7-20(8-12-25)13-26(30)28(37)32-27(29(38)31-15-24(36)18-35)14-23-17-33(19-34(23)22-9-10-22)16-21-5-3-2-4-6-21;/h7-8,11-12,17,21-22,24,26-27,35-36H,2-6,9-10,13-16,18-19,30H2,1H3,(H,31,38)(H,32,37);1H/t24-,26?,27+;/m1./s1. The summed E-state index contributed by atoms with van der Waals surface area (Å²) in [6.07, 6.45) is 10.5. The Kier molecular flexibility index (Phi) is 12.4. The second kappa shape index (κ2) is 15.5. The summed E-state index contributed by atoms with van der Waals surface area (Å²) in [6.45, 7) is 1.28. The van der Waals surface area contributed by atoms with Gasteiger partial charge in [0, 0.05) is 37.4 Å². The first-order valence-electron chi connectivity index (χ1n) is 14.3. The first-order chi connectivity index (χ1) is 18.9.